The van der Waals surface area contributed by atoms with Gasteiger partial charge in [-0.15, -0.1) is 0 Å². The smallest absolute Gasteiger partial charge is 0.156 e. The van der Waals surface area contributed by atoms with Crippen LogP contribution >= 0.6 is 23.2 Å². The highest BCUT2D eigenvalue weighted by atomic mass is 35.5. The van der Waals surface area contributed by atoms with Gasteiger partial charge in [-0.3, -0.25) is 4.79 Å². The highest BCUT2D eigenvalue weighted by molar-refractivity contribution is 6.32. The van der Waals surface area contributed by atoms with E-state index < -0.39 is 0 Å². The predicted molar refractivity (Wildman–Crippen MR) is 78.5 cm³/mol. The molecule has 2 rings (SSSR count). The molecule has 0 spiro atoms. The van der Waals surface area contributed by atoms with Crippen molar-refractivity contribution in [2.24, 2.45) is 0 Å². The quantitative estimate of drug-likeness (QED) is 0.689. The molecule has 0 radical (unpaired) electrons. The van der Waals surface area contributed by atoms with Gasteiger partial charge in [-0.2, -0.15) is 0 Å². The van der Waals surface area contributed by atoms with Gasteiger partial charge in [0.1, 0.15) is 22.5 Å². The molecular formula is C13H11Cl2N3O2. The molecule has 0 amide bonds. The average Bonchev–Trinajstić information content (AvgIpc) is 2.38. The number of aldehydes is 1. The van der Waals surface area contributed by atoms with E-state index in [1.54, 1.807) is 25.1 Å². The molecule has 7 heteroatoms. The van der Waals surface area contributed by atoms with Gasteiger partial charge in [0.15, 0.2) is 6.29 Å². The third-order valence-electron chi connectivity index (χ3n) is 2.54. The Hall–Kier alpha value is -1.85. The lowest BCUT2D eigenvalue weighted by atomic mass is 10.2. The minimum Gasteiger partial charge on any atom is -0.495 e. The van der Waals surface area contributed by atoms with Crippen LogP contribution in [0.25, 0.3) is 0 Å². The minimum absolute atomic E-state index is 0.106. The minimum atomic E-state index is 0.106. The number of rotatable bonds is 4. The zero-order chi connectivity index (χ0) is 14.7. The number of aromatic nitrogens is 2. The maximum Gasteiger partial charge on any atom is 0.156 e. The zero-order valence-corrected chi connectivity index (χ0v) is 12.3. The van der Waals surface area contributed by atoms with Crippen molar-refractivity contribution in [3.8, 4) is 5.75 Å². The molecule has 0 aliphatic heterocycles. The van der Waals surface area contributed by atoms with E-state index in [1.165, 1.54) is 7.11 Å². The van der Waals surface area contributed by atoms with E-state index in [4.69, 9.17) is 27.9 Å². The molecule has 1 heterocycles. The number of ether oxygens (including phenoxy) is 1. The van der Waals surface area contributed by atoms with E-state index in [0.717, 1.165) is 0 Å². The lowest BCUT2D eigenvalue weighted by molar-refractivity contribution is 0.112. The van der Waals surface area contributed by atoms with Crippen LogP contribution in [-0.4, -0.2) is 23.4 Å². The summed E-state index contributed by atoms with van der Waals surface area (Å²) in [7, 11) is 1.53. The van der Waals surface area contributed by atoms with E-state index in [9.17, 15) is 4.79 Å². The first-order valence-electron chi connectivity index (χ1n) is 5.65. The largest absolute Gasteiger partial charge is 0.495 e. The third-order valence-corrected chi connectivity index (χ3v) is 3.13. The first-order chi connectivity index (χ1) is 9.55. The molecule has 0 fully saturated rings. The highest BCUT2D eigenvalue weighted by Gasteiger charge is 2.12. The number of hydrogen-bond donors (Lipinski definition) is 1. The molecule has 5 nitrogen and oxygen atoms in total. The molecule has 0 bridgehead atoms. The number of aryl methyl sites for hydroxylation is 1. The van der Waals surface area contributed by atoms with Crippen molar-refractivity contribution in [1.82, 2.24) is 9.97 Å². The number of carbonyl (C=O) groups is 1. The number of halogens is 2. The Labute approximate surface area is 125 Å². The summed E-state index contributed by atoms with van der Waals surface area (Å²) in [5.74, 6) is 1.35. The van der Waals surface area contributed by atoms with Crippen LogP contribution < -0.4 is 10.1 Å². The molecule has 0 unspecified atom stereocenters. The molecule has 0 aliphatic rings. The zero-order valence-electron chi connectivity index (χ0n) is 10.8. The van der Waals surface area contributed by atoms with Gasteiger partial charge in [0, 0.05) is 5.69 Å². The topological polar surface area (TPSA) is 64.1 Å². The van der Waals surface area contributed by atoms with Crippen LogP contribution in [0.15, 0.2) is 18.2 Å². The maximum atomic E-state index is 11.1. The molecule has 1 aromatic heterocycles. The van der Waals surface area contributed by atoms with Crippen molar-refractivity contribution in [3.05, 3.63) is 39.8 Å². The van der Waals surface area contributed by atoms with Gasteiger partial charge in [-0.25, -0.2) is 9.97 Å². The summed E-state index contributed by atoms with van der Waals surface area (Å²) in [5, 5.41) is 3.54. The molecule has 1 N–H and O–H groups in total. The molecule has 0 atom stereocenters. The molecule has 1 aromatic carbocycles. The van der Waals surface area contributed by atoms with Crippen LogP contribution in [0.1, 0.15) is 16.2 Å². The van der Waals surface area contributed by atoms with Crippen molar-refractivity contribution < 1.29 is 9.53 Å². The first kappa shape index (κ1) is 14.6. The number of benzene rings is 1. The maximum absolute atomic E-state index is 11.1. The van der Waals surface area contributed by atoms with Gasteiger partial charge >= 0.3 is 0 Å². The van der Waals surface area contributed by atoms with Crippen molar-refractivity contribution in [2.75, 3.05) is 12.4 Å². The summed E-state index contributed by atoms with van der Waals surface area (Å²) in [6.07, 6.45) is 0.606. The molecular weight excluding hydrogens is 301 g/mol. The summed E-state index contributed by atoms with van der Waals surface area (Å²) < 4.78 is 5.07. The summed E-state index contributed by atoms with van der Waals surface area (Å²) in [6.45, 7) is 1.69. The third kappa shape index (κ3) is 3.00. The Morgan fingerprint density at radius 3 is 2.65 bits per heavy atom. The fraction of sp³-hybridized carbons (Fsp3) is 0.154. The SMILES string of the molecule is COc1ccc(Nc2nc(C)nc(Cl)c2C=O)cc1Cl. The number of nitrogens with one attached hydrogen (secondary N) is 1. The Bertz CT molecular complexity index is 662. The van der Waals surface area contributed by atoms with Crippen LogP contribution in [0.3, 0.4) is 0 Å². The van der Waals surface area contributed by atoms with Gasteiger partial charge in [-0.1, -0.05) is 23.2 Å². The van der Waals surface area contributed by atoms with Crippen molar-refractivity contribution in [3.63, 3.8) is 0 Å². The number of carbonyl (C=O) groups excluding carboxylic acids is 1. The Balaban J connectivity index is 2.39. The van der Waals surface area contributed by atoms with Crippen LogP contribution in [-0.2, 0) is 0 Å². The lowest BCUT2D eigenvalue weighted by Gasteiger charge is -2.11. The van der Waals surface area contributed by atoms with Crippen molar-refractivity contribution in [1.29, 1.82) is 0 Å². The number of nitrogens with zero attached hydrogens (tertiary/aromatic N) is 2. The van der Waals surface area contributed by atoms with Crippen molar-refractivity contribution in [2.45, 2.75) is 6.92 Å². The first-order valence-corrected chi connectivity index (χ1v) is 6.40. The normalized spacial score (nSPS) is 10.2. The Kier molecular flexibility index (Phi) is 4.42. The number of hydrogen-bond acceptors (Lipinski definition) is 5. The second kappa shape index (κ2) is 6.07. The predicted octanol–water partition coefficient (Wildman–Crippen LogP) is 3.66. The standard InChI is InChI=1S/C13H11Cl2N3O2/c1-7-16-12(15)9(6-19)13(17-7)18-8-3-4-11(20-2)10(14)5-8/h3-6H,1-2H3,(H,16,17,18). The van der Waals surface area contributed by atoms with Crippen LogP contribution in [0.5, 0.6) is 5.75 Å². The van der Waals surface area contributed by atoms with Gasteiger partial charge in [-0.05, 0) is 25.1 Å². The molecule has 0 aliphatic carbocycles. The molecule has 0 saturated carbocycles. The molecule has 2 aromatic rings. The monoisotopic (exact) mass is 311 g/mol. The molecule has 0 saturated heterocycles. The van der Waals surface area contributed by atoms with Gasteiger partial charge in [0.25, 0.3) is 0 Å². The van der Waals surface area contributed by atoms with Crippen molar-refractivity contribution >= 4 is 41.0 Å². The van der Waals surface area contributed by atoms with E-state index in [1.807, 2.05) is 0 Å². The Morgan fingerprint density at radius 1 is 1.30 bits per heavy atom. The Morgan fingerprint density at radius 2 is 2.05 bits per heavy atom. The van der Waals surface area contributed by atoms with E-state index in [2.05, 4.69) is 15.3 Å². The van der Waals surface area contributed by atoms with Gasteiger partial charge in [0.2, 0.25) is 0 Å². The molecule has 104 valence electrons. The fourth-order valence-electron chi connectivity index (χ4n) is 1.63. The van der Waals surface area contributed by atoms with E-state index in [0.29, 0.717) is 34.4 Å². The fourth-order valence-corrected chi connectivity index (χ4v) is 2.14. The number of methoxy groups -OCH3 is 1. The summed E-state index contributed by atoms with van der Waals surface area (Å²) in [4.78, 5) is 19.2. The second-order valence-electron chi connectivity index (χ2n) is 3.92. The van der Waals surface area contributed by atoms with Crippen LogP contribution in [0.4, 0.5) is 11.5 Å². The lowest BCUT2D eigenvalue weighted by Crippen LogP contribution is -2.03. The van der Waals surface area contributed by atoms with E-state index >= 15 is 0 Å². The van der Waals surface area contributed by atoms with Gasteiger partial charge < -0.3 is 10.1 Å². The number of anilines is 2. The molecule has 20 heavy (non-hydrogen) atoms. The van der Waals surface area contributed by atoms with Crippen LogP contribution in [0.2, 0.25) is 10.2 Å². The highest BCUT2D eigenvalue weighted by Crippen LogP contribution is 2.29. The van der Waals surface area contributed by atoms with Crippen LogP contribution in [0, 0.1) is 6.92 Å². The summed E-state index contributed by atoms with van der Waals surface area (Å²) >= 11 is 12.0. The summed E-state index contributed by atoms with van der Waals surface area (Å²) in [6, 6.07) is 5.13. The van der Waals surface area contributed by atoms with E-state index in [-0.39, 0.29) is 10.7 Å². The average molecular weight is 312 g/mol. The summed E-state index contributed by atoms with van der Waals surface area (Å²) in [5.41, 5.74) is 0.859. The second-order valence-corrected chi connectivity index (χ2v) is 4.68. The van der Waals surface area contributed by atoms with Gasteiger partial charge in [0.05, 0.1) is 17.7 Å².